The van der Waals surface area contributed by atoms with Crippen molar-refractivity contribution in [1.29, 1.82) is 0 Å². The topological polar surface area (TPSA) is 112 Å². The van der Waals surface area contributed by atoms with Crippen molar-refractivity contribution in [3.8, 4) is 0 Å². The molecule has 1 aliphatic rings. The molecule has 8 heteroatoms. The third kappa shape index (κ3) is 4.75. The van der Waals surface area contributed by atoms with Gasteiger partial charge in [-0.25, -0.2) is 8.42 Å². The van der Waals surface area contributed by atoms with Gasteiger partial charge < -0.3 is 15.1 Å². The highest BCUT2D eigenvalue weighted by molar-refractivity contribution is 7.91. The average molecular weight is 307 g/mol. The number of rotatable bonds is 7. The van der Waals surface area contributed by atoms with Gasteiger partial charge in [0.25, 0.3) is 0 Å². The number of piperidine rings is 1. The van der Waals surface area contributed by atoms with Gasteiger partial charge in [0, 0.05) is 12.3 Å². The zero-order valence-electron chi connectivity index (χ0n) is 11.5. The Kier molecular flexibility index (Phi) is 5.94. The van der Waals surface area contributed by atoms with E-state index in [-0.39, 0.29) is 24.5 Å². The molecule has 0 bridgehead atoms. The van der Waals surface area contributed by atoms with Crippen LogP contribution in [0.25, 0.3) is 0 Å². The Morgan fingerprint density at radius 3 is 2.30 bits per heavy atom. The number of nitrogens with zero attached hydrogens (tertiary/aromatic N) is 1. The second-order valence-corrected chi connectivity index (χ2v) is 7.54. The van der Waals surface area contributed by atoms with E-state index in [2.05, 4.69) is 0 Å². The van der Waals surface area contributed by atoms with Gasteiger partial charge in [0.15, 0.2) is 0 Å². The minimum atomic E-state index is -3.01. The highest BCUT2D eigenvalue weighted by atomic mass is 32.2. The summed E-state index contributed by atoms with van der Waals surface area (Å²) < 4.78 is 22.7. The van der Waals surface area contributed by atoms with Crippen LogP contribution in [0.2, 0.25) is 0 Å². The molecule has 20 heavy (non-hydrogen) atoms. The molecular weight excluding hydrogens is 286 g/mol. The molecule has 2 N–H and O–H groups in total. The van der Waals surface area contributed by atoms with Gasteiger partial charge in [-0.15, -0.1) is 0 Å². The van der Waals surface area contributed by atoms with Gasteiger partial charge in [0.1, 0.15) is 9.84 Å². The van der Waals surface area contributed by atoms with Crippen LogP contribution in [0.15, 0.2) is 0 Å². The second kappa shape index (κ2) is 7.03. The van der Waals surface area contributed by atoms with Crippen molar-refractivity contribution in [2.75, 3.05) is 31.1 Å². The Morgan fingerprint density at radius 1 is 1.20 bits per heavy atom. The lowest BCUT2D eigenvalue weighted by molar-refractivity contribution is -0.157. The van der Waals surface area contributed by atoms with Gasteiger partial charge >= 0.3 is 11.9 Å². The van der Waals surface area contributed by atoms with Crippen molar-refractivity contribution in [2.45, 2.75) is 19.8 Å². The fourth-order valence-corrected chi connectivity index (χ4v) is 3.28. The summed E-state index contributed by atoms with van der Waals surface area (Å²) in [5.41, 5.74) is 0. The standard InChI is InChI=1S/C12H21NO6S/c1-2-20(18,19)7-3-5-13-6-4-9(11(14)15)10(8-13)12(16)17/h9-10H,2-8H2,1H3,(H,14,15)(H,16,17). The van der Waals surface area contributed by atoms with Crippen molar-refractivity contribution in [2.24, 2.45) is 11.8 Å². The summed E-state index contributed by atoms with van der Waals surface area (Å²) in [6.45, 7) is 2.73. The van der Waals surface area contributed by atoms with Gasteiger partial charge in [-0.05, 0) is 25.9 Å². The number of likely N-dealkylation sites (tertiary alicyclic amines) is 1. The summed E-state index contributed by atoms with van der Waals surface area (Å²) in [6, 6.07) is 0. The Balaban J connectivity index is 2.51. The molecule has 0 radical (unpaired) electrons. The first-order valence-electron chi connectivity index (χ1n) is 6.65. The molecular formula is C12H21NO6S. The Bertz CT molecular complexity index is 461. The molecule has 0 amide bonds. The van der Waals surface area contributed by atoms with Crippen LogP contribution < -0.4 is 0 Å². The van der Waals surface area contributed by atoms with Gasteiger partial charge in [0.05, 0.1) is 17.6 Å². The number of hydrogen-bond donors (Lipinski definition) is 2. The van der Waals surface area contributed by atoms with Crippen LogP contribution in [0.1, 0.15) is 19.8 Å². The molecule has 1 aliphatic heterocycles. The minimum absolute atomic E-state index is 0.0834. The Hall–Kier alpha value is -1.15. The number of aliphatic carboxylic acids is 2. The lowest BCUT2D eigenvalue weighted by Crippen LogP contribution is -2.46. The van der Waals surface area contributed by atoms with E-state index in [1.807, 2.05) is 4.90 Å². The first-order chi connectivity index (χ1) is 9.26. The Labute approximate surface area is 118 Å². The molecule has 1 saturated heterocycles. The van der Waals surface area contributed by atoms with Gasteiger partial charge in [-0.1, -0.05) is 6.92 Å². The molecule has 116 valence electrons. The van der Waals surface area contributed by atoms with Gasteiger partial charge in [-0.3, -0.25) is 9.59 Å². The van der Waals surface area contributed by atoms with Crippen molar-refractivity contribution in [3.05, 3.63) is 0 Å². The van der Waals surface area contributed by atoms with E-state index in [9.17, 15) is 18.0 Å². The molecule has 7 nitrogen and oxygen atoms in total. The smallest absolute Gasteiger partial charge is 0.308 e. The average Bonchev–Trinajstić information content (AvgIpc) is 2.38. The molecule has 0 saturated carbocycles. The molecule has 0 aromatic carbocycles. The van der Waals surface area contributed by atoms with Crippen molar-refractivity contribution >= 4 is 21.8 Å². The van der Waals surface area contributed by atoms with E-state index >= 15 is 0 Å². The zero-order valence-corrected chi connectivity index (χ0v) is 12.3. The zero-order chi connectivity index (χ0) is 15.3. The fraction of sp³-hybridized carbons (Fsp3) is 0.833. The van der Waals surface area contributed by atoms with Gasteiger partial charge in [-0.2, -0.15) is 0 Å². The molecule has 0 aromatic heterocycles. The summed E-state index contributed by atoms with van der Waals surface area (Å²) in [6.07, 6.45) is 0.729. The molecule has 0 spiro atoms. The fourth-order valence-electron chi connectivity index (χ4n) is 2.42. The summed E-state index contributed by atoms with van der Waals surface area (Å²) in [5, 5.41) is 18.1. The molecule has 1 heterocycles. The van der Waals surface area contributed by atoms with Crippen LogP contribution in [-0.2, 0) is 19.4 Å². The van der Waals surface area contributed by atoms with Crippen molar-refractivity contribution < 1.29 is 28.2 Å². The SMILES string of the molecule is CCS(=O)(=O)CCCN1CCC(C(=O)O)C(C(=O)O)C1. The lowest BCUT2D eigenvalue weighted by atomic mass is 9.85. The predicted molar refractivity (Wildman–Crippen MR) is 72.3 cm³/mol. The van der Waals surface area contributed by atoms with Crippen LogP contribution in [0, 0.1) is 11.8 Å². The highest BCUT2D eigenvalue weighted by Gasteiger charge is 2.38. The summed E-state index contributed by atoms with van der Waals surface area (Å²) in [7, 11) is -3.01. The normalized spacial score (nSPS) is 24.4. The maximum atomic E-state index is 11.4. The number of carboxylic acids is 2. The molecule has 2 unspecified atom stereocenters. The van der Waals surface area contributed by atoms with Crippen LogP contribution in [0.4, 0.5) is 0 Å². The summed E-state index contributed by atoms with van der Waals surface area (Å²) >= 11 is 0. The second-order valence-electron chi connectivity index (χ2n) is 5.07. The van der Waals surface area contributed by atoms with Crippen LogP contribution >= 0.6 is 0 Å². The number of sulfone groups is 1. The van der Waals surface area contributed by atoms with Crippen molar-refractivity contribution in [1.82, 2.24) is 4.90 Å². The molecule has 0 aromatic rings. The quantitative estimate of drug-likeness (QED) is 0.676. The van der Waals surface area contributed by atoms with Crippen LogP contribution in [-0.4, -0.2) is 66.6 Å². The van der Waals surface area contributed by atoms with E-state index in [1.54, 1.807) is 6.92 Å². The van der Waals surface area contributed by atoms with E-state index < -0.39 is 33.6 Å². The van der Waals surface area contributed by atoms with E-state index in [1.165, 1.54) is 0 Å². The summed E-state index contributed by atoms with van der Waals surface area (Å²) in [4.78, 5) is 23.9. The number of carboxylic acid groups (broad SMARTS) is 2. The molecule has 1 rings (SSSR count). The molecule has 2 atom stereocenters. The van der Waals surface area contributed by atoms with E-state index in [0.29, 0.717) is 19.5 Å². The third-order valence-corrected chi connectivity index (χ3v) is 5.49. The van der Waals surface area contributed by atoms with Crippen LogP contribution in [0.3, 0.4) is 0 Å². The predicted octanol–water partition coefficient (Wildman–Crippen LogP) is -0.0815. The Morgan fingerprint density at radius 2 is 1.80 bits per heavy atom. The molecule has 0 aliphatic carbocycles. The largest absolute Gasteiger partial charge is 0.481 e. The van der Waals surface area contributed by atoms with Crippen LogP contribution in [0.5, 0.6) is 0 Å². The van der Waals surface area contributed by atoms with E-state index in [4.69, 9.17) is 10.2 Å². The minimum Gasteiger partial charge on any atom is -0.481 e. The maximum Gasteiger partial charge on any atom is 0.308 e. The summed E-state index contributed by atoms with van der Waals surface area (Å²) in [5.74, 6) is -3.78. The third-order valence-electron chi connectivity index (χ3n) is 3.70. The maximum absolute atomic E-state index is 11.4. The first kappa shape index (κ1) is 16.9. The lowest BCUT2D eigenvalue weighted by Gasteiger charge is -2.34. The van der Waals surface area contributed by atoms with E-state index in [0.717, 1.165) is 0 Å². The molecule has 1 fully saturated rings. The van der Waals surface area contributed by atoms with Crippen molar-refractivity contribution in [3.63, 3.8) is 0 Å². The highest BCUT2D eigenvalue weighted by Crippen LogP contribution is 2.24. The first-order valence-corrected chi connectivity index (χ1v) is 8.47. The number of carbonyl (C=O) groups is 2. The number of hydrogen-bond acceptors (Lipinski definition) is 5. The monoisotopic (exact) mass is 307 g/mol. The van der Waals surface area contributed by atoms with Gasteiger partial charge in [0.2, 0.25) is 0 Å².